The van der Waals surface area contributed by atoms with E-state index in [0.717, 1.165) is 26.9 Å². The van der Waals surface area contributed by atoms with Gasteiger partial charge in [0.2, 0.25) is 11.8 Å². The molecule has 0 radical (unpaired) electrons. The van der Waals surface area contributed by atoms with E-state index >= 15 is 0 Å². The van der Waals surface area contributed by atoms with Crippen LogP contribution in [0, 0.1) is 13.8 Å². The van der Waals surface area contributed by atoms with Crippen molar-refractivity contribution in [2.24, 2.45) is 0 Å². The van der Waals surface area contributed by atoms with Gasteiger partial charge in [-0.05, 0) is 77.7 Å². The molecule has 0 unspecified atom stereocenters. The van der Waals surface area contributed by atoms with Gasteiger partial charge in [0.1, 0.15) is 0 Å². The van der Waals surface area contributed by atoms with Crippen LogP contribution in [0.1, 0.15) is 29.4 Å². The van der Waals surface area contributed by atoms with Crippen molar-refractivity contribution in [3.8, 4) is 0 Å². The fourth-order valence-corrected chi connectivity index (χ4v) is 4.65. The van der Waals surface area contributed by atoms with Gasteiger partial charge in [0, 0.05) is 22.1 Å². The molecule has 0 saturated heterocycles. The first-order valence-electron chi connectivity index (χ1n) is 10.6. The van der Waals surface area contributed by atoms with Gasteiger partial charge >= 0.3 is 0 Å². The number of amides is 2. The molecule has 1 heterocycles. The zero-order valence-electron chi connectivity index (χ0n) is 19.1. The lowest BCUT2D eigenvalue weighted by Crippen LogP contribution is -2.22. The van der Waals surface area contributed by atoms with Crippen LogP contribution >= 0.6 is 39.3 Å². The Bertz CT molecular complexity index is 1230. The van der Waals surface area contributed by atoms with Gasteiger partial charge in [-0.25, -0.2) is 0 Å². The Morgan fingerprint density at radius 3 is 2.65 bits per heavy atom. The third kappa shape index (κ3) is 6.94. The Kier molecular flexibility index (Phi) is 9.32. The summed E-state index contributed by atoms with van der Waals surface area (Å²) in [6.07, 6.45) is 3.09. The molecule has 0 aliphatic heterocycles. The van der Waals surface area contributed by atoms with Crippen molar-refractivity contribution in [2.75, 3.05) is 11.1 Å². The van der Waals surface area contributed by atoms with Gasteiger partial charge in [-0.1, -0.05) is 41.6 Å². The highest BCUT2D eigenvalue weighted by molar-refractivity contribution is 9.10. The van der Waals surface area contributed by atoms with Crippen LogP contribution in [0.4, 0.5) is 5.69 Å². The van der Waals surface area contributed by atoms with Crippen LogP contribution in [0.15, 0.2) is 52.1 Å². The lowest BCUT2D eigenvalue weighted by molar-refractivity contribution is -0.116. The minimum Gasteiger partial charge on any atom is -0.345 e. The third-order valence-electron chi connectivity index (χ3n) is 5.04. The lowest BCUT2D eigenvalue weighted by Gasteiger charge is -2.11. The van der Waals surface area contributed by atoms with Gasteiger partial charge in [0.25, 0.3) is 0 Å². The predicted octanol–water partition coefficient (Wildman–Crippen LogP) is 5.39. The highest BCUT2D eigenvalue weighted by Gasteiger charge is 2.14. The number of anilines is 1. The number of nitrogens with zero attached hydrogens (tertiary/aromatic N) is 3. The average molecular weight is 563 g/mol. The van der Waals surface area contributed by atoms with Crippen LogP contribution in [0.3, 0.4) is 0 Å². The minimum absolute atomic E-state index is 0.140. The van der Waals surface area contributed by atoms with E-state index < -0.39 is 0 Å². The molecule has 0 aliphatic rings. The molecule has 0 fully saturated rings. The van der Waals surface area contributed by atoms with E-state index in [2.05, 4.69) is 36.8 Å². The normalized spacial score (nSPS) is 11.1. The Morgan fingerprint density at radius 1 is 1.18 bits per heavy atom. The Hall–Kier alpha value is -2.62. The topological polar surface area (TPSA) is 88.9 Å². The molecule has 1 aromatic heterocycles. The lowest BCUT2D eigenvalue weighted by atomic mass is 10.1. The quantitative estimate of drug-likeness (QED) is 0.270. The number of aryl methyl sites for hydroxylation is 2. The number of carbonyl (C=O) groups excluding carboxylic acids is 2. The molecular weight excluding hydrogens is 538 g/mol. The number of nitrogens with one attached hydrogen (secondary N) is 2. The van der Waals surface area contributed by atoms with Crippen molar-refractivity contribution in [3.63, 3.8) is 0 Å². The number of halogens is 2. The highest BCUT2D eigenvalue weighted by atomic mass is 79.9. The summed E-state index contributed by atoms with van der Waals surface area (Å²) >= 11 is 10.9. The Labute approximate surface area is 216 Å². The molecule has 10 heteroatoms. The minimum atomic E-state index is -0.266. The molecule has 2 aromatic carbocycles. The second-order valence-electron chi connectivity index (χ2n) is 7.47. The molecule has 3 aromatic rings. The standard InChI is InChI=1S/C24H25BrClN5O2S/c1-4-31-21(13-27-22(32)10-9-17-7-5-6-8-19(17)26)29-30-24(31)34-14-23(33)28-20-12-16(3)15(2)11-18(20)25/h5-12H,4,13-14H2,1-3H3,(H,27,32)(H,28,33)/b10-9+. The van der Waals surface area contributed by atoms with Gasteiger partial charge in [-0.15, -0.1) is 10.2 Å². The summed E-state index contributed by atoms with van der Waals surface area (Å²) in [6, 6.07) is 11.2. The molecule has 2 N–H and O–H groups in total. The Balaban J connectivity index is 1.55. The Morgan fingerprint density at radius 2 is 1.91 bits per heavy atom. The molecular formula is C24H25BrClN5O2S. The summed E-state index contributed by atoms with van der Waals surface area (Å²) in [4.78, 5) is 24.7. The van der Waals surface area contributed by atoms with E-state index in [4.69, 9.17) is 11.6 Å². The zero-order chi connectivity index (χ0) is 24.7. The molecule has 3 rings (SSSR count). The molecule has 178 valence electrons. The largest absolute Gasteiger partial charge is 0.345 e. The van der Waals surface area contributed by atoms with Crippen molar-refractivity contribution in [2.45, 2.75) is 39.0 Å². The van der Waals surface area contributed by atoms with Crippen LogP contribution in [-0.4, -0.2) is 32.3 Å². The van der Waals surface area contributed by atoms with Gasteiger partial charge in [0.05, 0.1) is 18.0 Å². The highest BCUT2D eigenvalue weighted by Crippen LogP contribution is 2.26. The average Bonchev–Trinajstić information content (AvgIpc) is 3.21. The number of benzene rings is 2. The number of rotatable bonds is 9. The summed E-state index contributed by atoms with van der Waals surface area (Å²) in [7, 11) is 0. The van der Waals surface area contributed by atoms with Gasteiger partial charge < -0.3 is 15.2 Å². The van der Waals surface area contributed by atoms with E-state index in [9.17, 15) is 9.59 Å². The SMILES string of the molecule is CCn1c(CNC(=O)/C=C/c2ccccc2Cl)nnc1SCC(=O)Nc1cc(C)c(C)cc1Br. The first kappa shape index (κ1) is 26.0. The van der Waals surface area contributed by atoms with Crippen molar-refractivity contribution < 1.29 is 9.59 Å². The number of thioether (sulfide) groups is 1. The predicted molar refractivity (Wildman–Crippen MR) is 141 cm³/mol. The second kappa shape index (κ2) is 12.2. The van der Waals surface area contributed by atoms with E-state index in [1.807, 2.05) is 55.7 Å². The van der Waals surface area contributed by atoms with Crippen LogP contribution < -0.4 is 10.6 Å². The fraction of sp³-hybridized carbons (Fsp3) is 0.250. The number of carbonyl (C=O) groups is 2. The summed E-state index contributed by atoms with van der Waals surface area (Å²) in [6.45, 7) is 6.81. The summed E-state index contributed by atoms with van der Waals surface area (Å²) in [5.41, 5.74) is 3.75. The molecule has 0 atom stereocenters. The van der Waals surface area contributed by atoms with Crippen molar-refractivity contribution >= 4 is 62.9 Å². The number of aromatic nitrogens is 3. The van der Waals surface area contributed by atoms with E-state index in [0.29, 0.717) is 22.5 Å². The molecule has 2 amide bonds. The summed E-state index contributed by atoms with van der Waals surface area (Å²) in [5, 5.41) is 15.3. The maximum atomic E-state index is 12.5. The second-order valence-corrected chi connectivity index (χ2v) is 9.67. The van der Waals surface area contributed by atoms with Crippen LogP contribution in [0.25, 0.3) is 6.08 Å². The third-order valence-corrected chi connectivity index (χ3v) is 7.01. The van der Waals surface area contributed by atoms with Crippen LogP contribution in [0.5, 0.6) is 0 Å². The van der Waals surface area contributed by atoms with E-state index in [1.54, 1.807) is 12.1 Å². The van der Waals surface area contributed by atoms with E-state index in [1.165, 1.54) is 17.8 Å². The number of hydrogen-bond acceptors (Lipinski definition) is 5. The summed E-state index contributed by atoms with van der Waals surface area (Å²) in [5.74, 6) is 0.392. The molecule has 0 bridgehead atoms. The van der Waals surface area contributed by atoms with Crippen molar-refractivity contribution in [1.29, 1.82) is 0 Å². The van der Waals surface area contributed by atoms with Gasteiger partial charge in [0.15, 0.2) is 11.0 Å². The molecule has 0 aliphatic carbocycles. The summed E-state index contributed by atoms with van der Waals surface area (Å²) < 4.78 is 2.72. The molecule has 7 nitrogen and oxygen atoms in total. The van der Waals surface area contributed by atoms with E-state index in [-0.39, 0.29) is 24.1 Å². The zero-order valence-corrected chi connectivity index (χ0v) is 22.2. The first-order valence-corrected chi connectivity index (χ1v) is 12.8. The van der Waals surface area contributed by atoms with Gasteiger partial charge in [-0.2, -0.15) is 0 Å². The molecule has 0 spiro atoms. The maximum absolute atomic E-state index is 12.5. The van der Waals surface area contributed by atoms with Crippen LogP contribution in [-0.2, 0) is 22.7 Å². The molecule has 0 saturated carbocycles. The first-order chi connectivity index (χ1) is 16.3. The van der Waals surface area contributed by atoms with Crippen molar-refractivity contribution in [3.05, 3.63) is 74.5 Å². The maximum Gasteiger partial charge on any atom is 0.244 e. The van der Waals surface area contributed by atoms with Crippen molar-refractivity contribution in [1.82, 2.24) is 20.1 Å². The molecule has 34 heavy (non-hydrogen) atoms. The number of hydrogen-bond donors (Lipinski definition) is 2. The fourth-order valence-electron chi connectivity index (χ4n) is 3.07. The monoisotopic (exact) mass is 561 g/mol. The smallest absolute Gasteiger partial charge is 0.244 e. The van der Waals surface area contributed by atoms with Gasteiger partial charge in [-0.3, -0.25) is 9.59 Å². The van der Waals surface area contributed by atoms with Crippen LogP contribution in [0.2, 0.25) is 5.02 Å².